The van der Waals surface area contributed by atoms with E-state index in [4.69, 9.17) is 4.74 Å². The van der Waals surface area contributed by atoms with Crippen molar-refractivity contribution < 1.29 is 13.2 Å². The molecule has 0 aliphatic carbocycles. The Morgan fingerprint density at radius 2 is 2.00 bits per heavy atom. The van der Waals surface area contributed by atoms with E-state index in [2.05, 4.69) is 5.32 Å². The average molecular weight is 286 g/mol. The van der Waals surface area contributed by atoms with Crippen molar-refractivity contribution in [2.24, 2.45) is 0 Å². The Labute approximate surface area is 109 Å². The Bertz CT molecular complexity index is 326. The van der Waals surface area contributed by atoms with Crippen LogP contribution in [-0.4, -0.2) is 69.5 Å². The van der Waals surface area contributed by atoms with E-state index in [0.29, 0.717) is 26.3 Å². The third-order valence-corrected chi connectivity index (χ3v) is 5.25. The van der Waals surface area contributed by atoms with Crippen LogP contribution in [0, 0.1) is 0 Å². The highest BCUT2D eigenvalue weighted by molar-refractivity contribution is 7.86. The Morgan fingerprint density at radius 3 is 2.53 bits per heavy atom. The number of likely N-dealkylation sites (N-methyl/N-ethyl adjacent to an activating group) is 1. The summed E-state index contributed by atoms with van der Waals surface area (Å²) in [6.45, 7) is 3.57. The molecule has 2 fully saturated rings. The van der Waals surface area contributed by atoms with E-state index >= 15 is 0 Å². The minimum absolute atomic E-state index is 0. The Morgan fingerprint density at radius 1 is 1.35 bits per heavy atom. The van der Waals surface area contributed by atoms with Crippen molar-refractivity contribution in [1.29, 1.82) is 0 Å². The lowest BCUT2D eigenvalue weighted by atomic mass is 10.3. The van der Waals surface area contributed by atoms with Crippen LogP contribution in [0.4, 0.5) is 0 Å². The normalized spacial score (nSPS) is 27.1. The molecular weight excluding hydrogens is 266 g/mol. The fourth-order valence-electron chi connectivity index (χ4n) is 2.10. The maximum absolute atomic E-state index is 12.2. The number of nitrogens with zero attached hydrogens (tertiary/aromatic N) is 2. The first-order valence-electron chi connectivity index (χ1n) is 5.64. The first-order valence-corrected chi connectivity index (χ1v) is 7.03. The molecule has 17 heavy (non-hydrogen) atoms. The van der Waals surface area contributed by atoms with Gasteiger partial charge in [-0.3, -0.25) is 0 Å². The fourth-order valence-corrected chi connectivity index (χ4v) is 3.63. The number of ether oxygens (including phenoxy) is 1. The minimum atomic E-state index is -3.30. The summed E-state index contributed by atoms with van der Waals surface area (Å²) in [5, 5.41) is 3.18. The monoisotopic (exact) mass is 285 g/mol. The van der Waals surface area contributed by atoms with Crippen molar-refractivity contribution in [2.75, 3.05) is 46.4 Å². The van der Waals surface area contributed by atoms with E-state index in [1.807, 2.05) is 0 Å². The molecule has 0 radical (unpaired) electrons. The molecule has 8 heteroatoms. The van der Waals surface area contributed by atoms with Gasteiger partial charge in [0.2, 0.25) is 0 Å². The summed E-state index contributed by atoms with van der Waals surface area (Å²) >= 11 is 0. The van der Waals surface area contributed by atoms with E-state index in [-0.39, 0.29) is 18.4 Å². The van der Waals surface area contributed by atoms with Crippen molar-refractivity contribution in [1.82, 2.24) is 13.9 Å². The van der Waals surface area contributed by atoms with Crippen molar-refractivity contribution in [3.05, 3.63) is 0 Å². The largest absolute Gasteiger partial charge is 0.379 e. The van der Waals surface area contributed by atoms with E-state index in [9.17, 15) is 8.42 Å². The molecule has 1 unspecified atom stereocenters. The van der Waals surface area contributed by atoms with Gasteiger partial charge in [0.25, 0.3) is 10.2 Å². The van der Waals surface area contributed by atoms with Crippen LogP contribution in [0.3, 0.4) is 0 Å². The van der Waals surface area contributed by atoms with Crippen LogP contribution in [0.2, 0.25) is 0 Å². The number of hydrogen-bond donors (Lipinski definition) is 1. The third-order valence-electron chi connectivity index (χ3n) is 3.21. The van der Waals surface area contributed by atoms with Crippen LogP contribution in [0.5, 0.6) is 0 Å². The van der Waals surface area contributed by atoms with E-state index in [0.717, 1.165) is 19.5 Å². The minimum Gasteiger partial charge on any atom is -0.379 e. The van der Waals surface area contributed by atoms with Gasteiger partial charge in [-0.15, -0.1) is 12.4 Å². The van der Waals surface area contributed by atoms with Crippen molar-refractivity contribution >= 4 is 22.6 Å². The highest BCUT2D eigenvalue weighted by Crippen LogP contribution is 2.15. The molecule has 1 atom stereocenters. The van der Waals surface area contributed by atoms with Crippen LogP contribution in [-0.2, 0) is 14.9 Å². The van der Waals surface area contributed by atoms with Crippen LogP contribution < -0.4 is 5.32 Å². The molecule has 0 amide bonds. The Kier molecular flexibility index (Phi) is 5.62. The molecule has 2 aliphatic rings. The van der Waals surface area contributed by atoms with E-state index in [1.165, 1.54) is 8.61 Å². The molecule has 0 spiro atoms. The molecule has 1 N–H and O–H groups in total. The first-order chi connectivity index (χ1) is 7.62. The predicted octanol–water partition coefficient (Wildman–Crippen LogP) is -0.721. The topological polar surface area (TPSA) is 61.9 Å². The Hall–Kier alpha value is 0.0800. The molecule has 0 saturated carbocycles. The highest BCUT2D eigenvalue weighted by Gasteiger charge is 2.33. The number of nitrogens with one attached hydrogen (secondary N) is 1. The second-order valence-electron chi connectivity index (χ2n) is 4.18. The zero-order chi connectivity index (χ0) is 11.6. The SMILES string of the molecule is CN(C1CCNC1)S(=O)(=O)N1CCOCC1.Cl. The smallest absolute Gasteiger partial charge is 0.282 e. The third kappa shape index (κ3) is 3.30. The quantitative estimate of drug-likeness (QED) is 0.743. The van der Waals surface area contributed by atoms with Gasteiger partial charge in [-0.1, -0.05) is 0 Å². The summed E-state index contributed by atoms with van der Waals surface area (Å²) in [6, 6.07) is 0.0906. The van der Waals surface area contributed by atoms with Gasteiger partial charge in [0, 0.05) is 32.7 Å². The fraction of sp³-hybridized carbons (Fsp3) is 1.00. The summed E-state index contributed by atoms with van der Waals surface area (Å²) in [6.07, 6.45) is 0.889. The molecule has 6 nitrogen and oxygen atoms in total. The molecule has 2 aliphatic heterocycles. The van der Waals surface area contributed by atoms with Crippen LogP contribution in [0.25, 0.3) is 0 Å². The average Bonchev–Trinajstić information content (AvgIpc) is 2.82. The first kappa shape index (κ1) is 15.1. The molecule has 0 bridgehead atoms. The second kappa shape index (κ2) is 6.31. The predicted molar refractivity (Wildman–Crippen MR) is 67.6 cm³/mol. The molecule has 2 heterocycles. The Balaban J connectivity index is 0.00000144. The maximum Gasteiger partial charge on any atom is 0.282 e. The van der Waals surface area contributed by atoms with Gasteiger partial charge >= 0.3 is 0 Å². The van der Waals surface area contributed by atoms with Gasteiger partial charge in [-0.2, -0.15) is 17.0 Å². The zero-order valence-corrected chi connectivity index (χ0v) is 11.6. The van der Waals surface area contributed by atoms with E-state index in [1.54, 1.807) is 7.05 Å². The lowest BCUT2D eigenvalue weighted by Gasteiger charge is -2.32. The molecular formula is C9H20ClN3O3S. The summed E-state index contributed by atoms with van der Waals surface area (Å²) in [4.78, 5) is 0. The summed E-state index contributed by atoms with van der Waals surface area (Å²) in [7, 11) is -1.63. The molecule has 2 rings (SSSR count). The zero-order valence-electron chi connectivity index (χ0n) is 9.96. The summed E-state index contributed by atoms with van der Waals surface area (Å²) in [5.74, 6) is 0. The number of morpholine rings is 1. The number of halogens is 1. The summed E-state index contributed by atoms with van der Waals surface area (Å²) < 4.78 is 32.7. The van der Waals surface area contributed by atoms with E-state index < -0.39 is 10.2 Å². The highest BCUT2D eigenvalue weighted by atomic mass is 35.5. The standard InChI is InChI=1S/C9H19N3O3S.ClH/c1-11(9-2-3-10-8-9)16(13,14)12-4-6-15-7-5-12;/h9-10H,2-8H2,1H3;1H. The van der Waals surface area contributed by atoms with Crippen molar-refractivity contribution in [3.8, 4) is 0 Å². The van der Waals surface area contributed by atoms with Gasteiger partial charge in [-0.05, 0) is 13.0 Å². The number of rotatable bonds is 3. The van der Waals surface area contributed by atoms with Crippen LogP contribution in [0.1, 0.15) is 6.42 Å². The molecule has 0 aromatic rings. The maximum atomic E-state index is 12.2. The van der Waals surface area contributed by atoms with Gasteiger partial charge in [-0.25, -0.2) is 0 Å². The van der Waals surface area contributed by atoms with Gasteiger partial charge in [0.1, 0.15) is 0 Å². The van der Waals surface area contributed by atoms with Gasteiger partial charge < -0.3 is 10.1 Å². The van der Waals surface area contributed by atoms with Gasteiger partial charge in [0.15, 0.2) is 0 Å². The lowest BCUT2D eigenvalue weighted by molar-refractivity contribution is 0.0700. The summed E-state index contributed by atoms with van der Waals surface area (Å²) in [5.41, 5.74) is 0. The van der Waals surface area contributed by atoms with Crippen molar-refractivity contribution in [2.45, 2.75) is 12.5 Å². The molecule has 0 aromatic heterocycles. The lowest BCUT2D eigenvalue weighted by Crippen LogP contribution is -2.50. The second-order valence-corrected chi connectivity index (χ2v) is 6.17. The number of hydrogen-bond acceptors (Lipinski definition) is 4. The molecule has 0 aromatic carbocycles. The van der Waals surface area contributed by atoms with Gasteiger partial charge in [0.05, 0.1) is 13.2 Å². The van der Waals surface area contributed by atoms with Crippen LogP contribution >= 0.6 is 12.4 Å². The van der Waals surface area contributed by atoms with Crippen LogP contribution in [0.15, 0.2) is 0 Å². The van der Waals surface area contributed by atoms with Crippen molar-refractivity contribution in [3.63, 3.8) is 0 Å². The molecule has 2 saturated heterocycles. The molecule has 102 valence electrons.